The Kier molecular flexibility index (Phi) is 7.34. The molecule has 0 unspecified atom stereocenters. The molecule has 0 saturated heterocycles. The fourth-order valence-corrected chi connectivity index (χ4v) is 7.65. The quantitative estimate of drug-likeness (QED) is 0.174. The number of pyridine rings is 2. The zero-order valence-corrected chi connectivity index (χ0v) is 28.8. The zero-order valence-electron chi connectivity index (χ0n) is 28.8. The van der Waals surface area contributed by atoms with Crippen LogP contribution in [0.1, 0.15) is 0 Å². The maximum Gasteiger partial charge on any atom is 0.160 e. The van der Waals surface area contributed by atoms with Crippen LogP contribution >= 0.6 is 0 Å². The molecule has 0 aliphatic heterocycles. The summed E-state index contributed by atoms with van der Waals surface area (Å²) in [5.74, 6) is 0.846. The Hall–Kier alpha value is -7.44. The maximum atomic E-state index is 12.0. The summed E-state index contributed by atoms with van der Waals surface area (Å²) in [6, 6.07) is 52.2. The van der Waals surface area contributed by atoms with Crippen molar-refractivity contribution < 1.29 is 10.2 Å². The highest BCUT2D eigenvalue weighted by Gasteiger charge is 2.23. The SMILES string of the molecule is Oc1c(-c2c3ccccc3c(-c3ccc4cccnc4c3O)c3cc(-c4cc(-c5ccccc5)nc(-c5ccccc5)n4)ccc23)ccc2cccnc12. The van der Waals surface area contributed by atoms with E-state index in [1.807, 2.05) is 115 Å². The highest BCUT2D eigenvalue weighted by Crippen LogP contribution is 2.49. The number of aromatic nitrogens is 4. The van der Waals surface area contributed by atoms with Crippen LogP contribution in [0, 0.1) is 0 Å². The van der Waals surface area contributed by atoms with Crippen molar-refractivity contribution in [3.63, 3.8) is 0 Å². The molecular weight excluding hydrogens is 665 g/mol. The first-order chi connectivity index (χ1) is 26.6. The summed E-state index contributed by atoms with van der Waals surface area (Å²) in [5.41, 5.74) is 8.48. The van der Waals surface area contributed by atoms with Crippen molar-refractivity contribution in [3.8, 4) is 67.7 Å². The third kappa shape index (κ3) is 5.12. The van der Waals surface area contributed by atoms with Crippen LogP contribution in [-0.2, 0) is 0 Å². The maximum absolute atomic E-state index is 12.0. The Balaban J connectivity index is 1.32. The number of hydrogen-bond acceptors (Lipinski definition) is 6. The summed E-state index contributed by atoms with van der Waals surface area (Å²) in [5, 5.41) is 29.1. The van der Waals surface area contributed by atoms with Gasteiger partial charge in [0.15, 0.2) is 5.82 Å². The van der Waals surface area contributed by atoms with Crippen LogP contribution in [0.25, 0.3) is 99.5 Å². The second kappa shape index (κ2) is 12.7. The largest absolute Gasteiger partial charge is 0.505 e. The molecule has 0 atom stereocenters. The van der Waals surface area contributed by atoms with Crippen LogP contribution in [0.3, 0.4) is 0 Å². The summed E-state index contributed by atoms with van der Waals surface area (Å²) in [6.45, 7) is 0. The van der Waals surface area contributed by atoms with Gasteiger partial charge in [0, 0.05) is 62.1 Å². The predicted molar refractivity (Wildman–Crippen MR) is 218 cm³/mol. The molecule has 10 aromatic rings. The molecule has 0 amide bonds. The van der Waals surface area contributed by atoms with E-state index >= 15 is 0 Å². The lowest BCUT2D eigenvalue weighted by Crippen LogP contribution is -1.97. The van der Waals surface area contributed by atoms with Crippen LogP contribution in [0.4, 0.5) is 0 Å². The Morgan fingerprint density at radius 3 is 1.46 bits per heavy atom. The second-order valence-corrected chi connectivity index (χ2v) is 13.3. The van der Waals surface area contributed by atoms with Gasteiger partial charge >= 0.3 is 0 Å². The lowest BCUT2D eigenvalue weighted by Gasteiger charge is -2.20. The number of phenolic OH excluding ortho intramolecular Hbond substituents is 2. The number of benzene rings is 7. The molecule has 0 aliphatic carbocycles. The highest BCUT2D eigenvalue weighted by atomic mass is 16.3. The molecule has 0 fully saturated rings. The van der Waals surface area contributed by atoms with E-state index in [1.165, 1.54) is 0 Å². The van der Waals surface area contributed by atoms with Gasteiger partial charge in [0.25, 0.3) is 0 Å². The molecule has 3 aromatic heterocycles. The lowest BCUT2D eigenvalue weighted by molar-refractivity contribution is 0.482. The molecular formula is C48H30N4O2. The van der Waals surface area contributed by atoms with Crippen molar-refractivity contribution in [2.24, 2.45) is 0 Å². The molecule has 0 spiro atoms. The van der Waals surface area contributed by atoms with Gasteiger partial charge < -0.3 is 10.2 Å². The summed E-state index contributed by atoms with van der Waals surface area (Å²) < 4.78 is 0. The smallest absolute Gasteiger partial charge is 0.160 e. The summed E-state index contributed by atoms with van der Waals surface area (Å²) in [6.07, 6.45) is 3.40. The topological polar surface area (TPSA) is 92.0 Å². The highest BCUT2D eigenvalue weighted by molar-refractivity contribution is 6.23. The number of nitrogens with zero attached hydrogens (tertiary/aromatic N) is 4. The van der Waals surface area contributed by atoms with Crippen LogP contribution in [0.15, 0.2) is 170 Å². The minimum absolute atomic E-state index is 0.107. The van der Waals surface area contributed by atoms with Gasteiger partial charge in [-0.2, -0.15) is 0 Å². The van der Waals surface area contributed by atoms with E-state index in [4.69, 9.17) is 9.97 Å². The van der Waals surface area contributed by atoms with E-state index < -0.39 is 0 Å². The first-order valence-corrected chi connectivity index (χ1v) is 17.8. The number of phenols is 2. The number of aromatic hydroxyl groups is 2. The second-order valence-electron chi connectivity index (χ2n) is 13.3. The van der Waals surface area contributed by atoms with E-state index in [0.717, 1.165) is 71.5 Å². The van der Waals surface area contributed by atoms with Crippen LogP contribution in [0.2, 0.25) is 0 Å². The number of fused-ring (bicyclic) bond motifs is 4. The summed E-state index contributed by atoms with van der Waals surface area (Å²) >= 11 is 0. The molecule has 54 heavy (non-hydrogen) atoms. The average Bonchev–Trinajstić information content (AvgIpc) is 3.24. The van der Waals surface area contributed by atoms with Crippen molar-refractivity contribution in [3.05, 3.63) is 170 Å². The predicted octanol–water partition coefficient (Wildman–Crippen LogP) is 11.6. The fourth-order valence-electron chi connectivity index (χ4n) is 7.65. The molecule has 0 bridgehead atoms. The lowest BCUT2D eigenvalue weighted by atomic mass is 9.84. The summed E-state index contributed by atoms with van der Waals surface area (Å²) in [4.78, 5) is 19.3. The van der Waals surface area contributed by atoms with E-state index in [1.54, 1.807) is 12.4 Å². The molecule has 0 saturated carbocycles. The van der Waals surface area contributed by atoms with E-state index in [-0.39, 0.29) is 11.5 Å². The van der Waals surface area contributed by atoms with E-state index in [9.17, 15) is 10.2 Å². The average molecular weight is 695 g/mol. The van der Waals surface area contributed by atoms with Crippen molar-refractivity contribution in [1.29, 1.82) is 0 Å². The first-order valence-electron chi connectivity index (χ1n) is 17.8. The van der Waals surface area contributed by atoms with E-state index in [2.05, 4.69) is 52.4 Å². The van der Waals surface area contributed by atoms with Gasteiger partial charge in [-0.3, -0.25) is 9.97 Å². The van der Waals surface area contributed by atoms with Crippen molar-refractivity contribution >= 4 is 43.4 Å². The normalized spacial score (nSPS) is 11.5. The third-order valence-electron chi connectivity index (χ3n) is 10.2. The Bertz CT molecular complexity index is 3020. The number of hydrogen-bond donors (Lipinski definition) is 2. The van der Waals surface area contributed by atoms with Crippen LogP contribution in [0.5, 0.6) is 11.5 Å². The molecule has 6 nitrogen and oxygen atoms in total. The van der Waals surface area contributed by atoms with Gasteiger partial charge in [-0.15, -0.1) is 0 Å². The number of rotatable bonds is 5. The van der Waals surface area contributed by atoms with Gasteiger partial charge in [-0.05, 0) is 57.9 Å². The van der Waals surface area contributed by atoms with E-state index in [0.29, 0.717) is 28.0 Å². The minimum Gasteiger partial charge on any atom is -0.505 e. The molecule has 2 N–H and O–H groups in total. The molecule has 0 radical (unpaired) electrons. The zero-order chi connectivity index (χ0) is 36.2. The fraction of sp³-hybridized carbons (Fsp3) is 0. The molecule has 3 heterocycles. The Labute approximate surface area is 310 Å². The molecule has 7 aromatic carbocycles. The van der Waals surface area contributed by atoms with Crippen LogP contribution < -0.4 is 0 Å². The third-order valence-corrected chi connectivity index (χ3v) is 10.2. The van der Waals surface area contributed by atoms with Crippen LogP contribution in [-0.4, -0.2) is 30.1 Å². The molecule has 254 valence electrons. The molecule has 0 aliphatic rings. The van der Waals surface area contributed by atoms with Crippen molar-refractivity contribution in [2.45, 2.75) is 0 Å². The standard InChI is InChI=1S/C48H30N4O2/c53-46-37(23-19-30-15-9-25-49-44(30)46)42-34-17-7-8-18-35(34)43(38-24-20-31-16-10-26-50-45(31)47(38)54)39-27-33(21-22-36(39)42)41-28-40(29-11-3-1-4-12-29)51-48(52-41)32-13-5-2-6-14-32/h1-28,53-54H. The van der Waals surface area contributed by atoms with Gasteiger partial charge in [-0.1, -0.05) is 121 Å². The Morgan fingerprint density at radius 1 is 0.370 bits per heavy atom. The Morgan fingerprint density at radius 2 is 0.870 bits per heavy atom. The monoisotopic (exact) mass is 694 g/mol. The van der Waals surface area contributed by atoms with Gasteiger partial charge in [0.2, 0.25) is 0 Å². The van der Waals surface area contributed by atoms with Gasteiger partial charge in [0.1, 0.15) is 22.5 Å². The first kappa shape index (κ1) is 31.3. The minimum atomic E-state index is 0.107. The van der Waals surface area contributed by atoms with Crippen molar-refractivity contribution in [2.75, 3.05) is 0 Å². The van der Waals surface area contributed by atoms with Gasteiger partial charge in [-0.25, -0.2) is 9.97 Å². The molecule has 6 heteroatoms. The summed E-state index contributed by atoms with van der Waals surface area (Å²) in [7, 11) is 0. The van der Waals surface area contributed by atoms with Crippen molar-refractivity contribution in [1.82, 2.24) is 19.9 Å². The van der Waals surface area contributed by atoms with Gasteiger partial charge in [0.05, 0.1) is 11.4 Å². The molecule has 10 rings (SSSR count).